The zero-order valence-electron chi connectivity index (χ0n) is 16.8. The van der Waals surface area contributed by atoms with Crippen LogP contribution in [0, 0.1) is 5.92 Å². The van der Waals surface area contributed by atoms with Crippen molar-refractivity contribution in [3.63, 3.8) is 0 Å². The van der Waals surface area contributed by atoms with Crippen LogP contribution in [0.2, 0.25) is 0 Å². The smallest absolute Gasteiger partial charge is 0.207 e. The summed E-state index contributed by atoms with van der Waals surface area (Å²) in [6.45, 7) is 6.53. The van der Waals surface area contributed by atoms with E-state index in [1.54, 1.807) is 7.11 Å². The highest BCUT2D eigenvalue weighted by atomic mass is 16.5. The Kier molecular flexibility index (Phi) is 10.6. The molecule has 1 rings (SSSR count). The number of ether oxygens (including phenoxy) is 1. The molecule has 0 aromatic heterocycles. The third-order valence-electron chi connectivity index (χ3n) is 5.09. The zero-order chi connectivity index (χ0) is 18.7. The first-order valence-electron chi connectivity index (χ1n) is 9.67. The van der Waals surface area contributed by atoms with Gasteiger partial charge in [0.15, 0.2) is 6.35 Å². The zero-order valence-corrected chi connectivity index (χ0v) is 16.8. The molecular formula is C19H38N4O2. The van der Waals surface area contributed by atoms with Gasteiger partial charge in [0.25, 0.3) is 0 Å². The average molecular weight is 355 g/mol. The Morgan fingerprint density at radius 3 is 2.52 bits per heavy atom. The highest BCUT2D eigenvalue weighted by Gasteiger charge is 2.31. The van der Waals surface area contributed by atoms with E-state index in [0.717, 1.165) is 31.6 Å². The van der Waals surface area contributed by atoms with E-state index >= 15 is 0 Å². The van der Waals surface area contributed by atoms with E-state index in [-0.39, 0.29) is 12.4 Å². The Hall–Kier alpha value is -1.27. The van der Waals surface area contributed by atoms with Crippen molar-refractivity contribution in [1.29, 1.82) is 0 Å². The number of nitrogens with zero attached hydrogens (tertiary/aromatic N) is 2. The normalized spacial score (nSPS) is 19.3. The predicted molar refractivity (Wildman–Crippen MR) is 103 cm³/mol. The minimum Gasteiger partial charge on any atom is -0.393 e. The lowest BCUT2D eigenvalue weighted by Gasteiger charge is -2.40. The number of carbonyl (C=O) groups excluding carboxylic acids is 1. The summed E-state index contributed by atoms with van der Waals surface area (Å²) in [6, 6.07) is -0.0351. The van der Waals surface area contributed by atoms with Gasteiger partial charge in [-0.25, -0.2) is 0 Å². The topological polar surface area (TPSA) is 56.8 Å². The van der Waals surface area contributed by atoms with Crippen molar-refractivity contribution < 1.29 is 9.53 Å². The molecule has 1 aliphatic heterocycles. The number of likely N-dealkylation sites (tertiary alicyclic amines) is 1. The highest BCUT2D eigenvalue weighted by molar-refractivity contribution is 5.48. The van der Waals surface area contributed by atoms with Crippen LogP contribution < -0.4 is 10.6 Å². The molecule has 0 bridgehead atoms. The van der Waals surface area contributed by atoms with Crippen molar-refractivity contribution in [2.45, 2.75) is 64.8 Å². The van der Waals surface area contributed by atoms with Crippen molar-refractivity contribution in [3.8, 4) is 0 Å². The van der Waals surface area contributed by atoms with Crippen LogP contribution in [0.1, 0.15) is 52.4 Å². The van der Waals surface area contributed by atoms with Crippen molar-refractivity contribution in [2.24, 2.45) is 5.92 Å². The molecular weight excluding hydrogens is 316 g/mol. The lowest BCUT2D eigenvalue weighted by atomic mass is 9.92. The molecule has 0 aromatic carbocycles. The quantitative estimate of drug-likeness (QED) is 0.302. The average Bonchev–Trinajstić information content (AvgIpc) is 3.13. The minimum atomic E-state index is -0.110. The molecule has 1 fully saturated rings. The molecule has 0 aliphatic carbocycles. The molecule has 3 unspecified atom stereocenters. The molecule has 0 radical (unpaired) electrons. The maximum absolute atomic E-state index is 11.3. The molecule has 1 heterocycles. The second-order valence-electron chi connectivity index (χ2n) is 7.01. The van der Waals surface area contributed by atoms with Gasteiger partial charge in [-0.05, 0) is 25.2 Å². The van der Waals surface area contributed by atoms with Crippen molar-refractivity contribution in [2.75, 3.05) is 34.3 Å². The molecule has 1 saturated heterocycles. The van der Waals surface area contributed by atoms with Crippen LogP contribution in [0.4, 0.5) is 0 Å². The summed E-state index contributed by atoms with van der Waals surface area (Å²) < 4.78 is 5.80. The van der Waals surface area contributed by atoms with E-state index in [0.29, 0.717) is 5.92 Å². The summed E-state index contributed by atoms with van der Waals surface area (Å²) >= 11 is 0. The summed E-state index contributed by atoms with van der Waals surface area (Å²) in [6.07, 6.45) is 9.83. The van der Waals surface area contributed by atoms with Crippen LogP contribution in [0.5, 0.6) is 0 Å². The van der Waals surface area contributed by atoms with Crippen molar-refractivity contribution >= 4 is 6.41 Å². The predicted octanol–water partition coefficient (Wildman–Crippen LogP) is 2.34. The van der Waals surface area contributed by atoms with Gasteiger partial charge < -0.3 is 20.3 Å². The fourth-order valence-electron chi connectivity index (χ4n) is 3.70. The largest absolute Gasteiger partial charge is 0.393 e. The van der Waals surface area contributed by atoms with Gasteiger partial charge in [-0.1, -0.05) is 33.1 Å². The van der Waals surface area contributed by atoms with Gasteiger partial charge in [-0.15, -0.1) is 0 Å². The van der Waals surface area contributed by atoms with Gasteiger partial charge in [0.05, 0.1) is 11.7 Å². The first kappa shape index (κ1) is 21.8. The number of unbranched alkanes of at least 4 members (excludes halogenated alkanes) is 2. The van der Waals surface area contributed by atoms with Crippen molar-refractivity contribution in [3.05, 3.63) is 11.9 Å². The number of hydrogen-bond acceptors (Lipinski definition) is 5. The second-order valence-corrected chi connectivity index (χ2v) is 7.01. The molecule has 1 aliphatic rings. The van der Waals surface area contributed by atoms with Gasteiger partial charge in [0.2, 0.25) is 6.41 Å². The lowest BCUT2D eigenvalue weighted by Crippen LogP contribution is -2.51. The van der Waals surface area contributed by atoms with Gasteiger partial charge in [0, 0.05) is 40.5 Å². The monoisotopic (exact) mass is 354 g/mol. The van der Waals surface area contributed by atoms with Crippen LogP contribution in [-0.2, 0) is 9.53 Å². The first-order chi connectivity index (χ1) is 12.1. The number of methoxy groups -OCH3 is 1. The van der Waals surface area contributed by atoms with Crippen LogP contribution >= 0.6 is 0 Å². The first-order valence-corrected chi connectivity index (χ1v) is 9.67. The summed E-state index contributed by atoms with van der Waals surface area (Å²) in [5.41, 5.74) is 1.05. The molecule has 6 heteroatoms. The van der Waals surface area contributed by atoms with Crippen LogP contribution in [0.15, 0.2) is 11.9 Å². The molecule has 6 nitrogen and oxygen atoms in total. The van der Waals surface area contributed by atoms with E-state index in [1.807, 2.05) is 20.3 Å². The summed E-state index contributed by atoms with van der Waals surface area (Å²) in [7, 11) is 5.70. The SMILES string of the molecule is CCCCCC(C)C(NC=O)/C(=C\NC)N(C)C(OC)N1CCCC1. The summed E-state index contributed by atoms with van der Waals surface area (Å²) in [4.78, 5) is 15.8. The third-order valence-corrected chi connectivity index (χ3v) is 5.09. The minimum absolute atomic E-state index is 0.0351. The van der Waals surface area contributed by atoms with Crippen LogP contribution in [-0.4, -0.2) is 62.9 Å². The number of hydrogen-bond donors (Lipinski definition) is 2. The molecule has 2 N–H and O–H groups in total. The summed E-state index contributed by atoms with van der Waals surface area (Å²) in [5, 5.41) is 6.19. The van der Waals surface area contributed by atoms with Gasteiger partial charge in [-0.2, -0.15) is 0 Å². The third kappa shape index (κ3) is 6.51. The van der Waals surface area contributed by atoms with Crippen LogP contribution in [0.25, 0.3) is 0 Å². The number of rotatable bonds is 13. The van der Waals surface area contributed by atoms with Crippen molar-refractivity contribution in [1.82, 2.24) is 20.4 Å². The van der Waals surface area contributed by atoms with Gasteiger partial charge >= 0.3 is 0 Å². The van der Waals surface area contributed by atoms with Gasteiger partial charge in [-0.3, -0.25) is 9.69 Å². The van der Waals surface area contributed by atoms with E-state index in [4.69, 9.17) is 4.74 Å². The molecule has 25 heavy (non-hydrogen) atoms. The lowest BCUT2D eigenvalue weighted by molar-refractivity contribution is -0.113. The molecule has 0 saturated carbocycles. The van der Waals surface area contributed by atoms with E-state index < -0.39 is 0 Å². The molecule has 146 valence electrons. The van der Waals surface area contributed by atoms with E-state index in [9.17, 15) is 4.79 Å². The Balaban J connectivity index is 2.93. The number of carbonyl (C=O) groups is 1. The van der Waals surface area contributed by atoms with Gasteiger partial charge in [0.1, 0.15) is 0 Å². The number of nitrogens with one attached hydrogen (secondary N) is 2. The summed E-state index contributed by atoms with van der Waals surface area (Å²) in [5.74, 6) is 0.356. The van der Waals surface area contributed by atoms with E-state index in [1.165, 1.54) is 32.1 Å². The fraction of sp³-hybridized carbons (Fsp3) is 0.842. The molecule has 1 amide bonds. The maximum atomic E-state index is 11.3. The maximum Gasteiger partial charge on any atom is 0.207 e. The Labute approximate surface area is 154 Å². The molecule has 0 aromatic rings. The Morgan fingerprint density at radius 1 is 1.32 bits per heavy atom. The highest BCUT2D eigenvalue weighted by Crippen LogP contribution is 2.24. The number of amides is 1. The van der Waals surface area contributed by atoms with Crippen LogP contribution in [0.3, 0.4) is 0 Å². The fourth-order valence-corrected chi connectivity index (χ4v) is 3.70. The Bertz CT molecular complexity index is 397. The Morgan fingerprint density at radius 2 is 2.00 bits per heavy atom. The molecule has 0 spiro atoms. The molecule has 3 atom stereocenters. The standard InChI is InChI=1S/C19H38N4O2/c1-6-7-8-11-16(2)18(21-15-24)17(14-20-3)22(4)19(25-5)23-12-9-10-13-23/h14-16,18-20H,6-13H2,1-5H3,(H,21,24)/b17-14+. The number of likely N-dealkylation sites (N-methyl/N-ethyl adjacent to an activating group) is 1. The second kappa shape index (κ2) is 12.1. The van der Waals surface area contributed by atoms with E-state index in [2.05, 4.69) is 34.3 Å².